The Balaban J connectivity index is 1.81. The fraction of sp³-hybridized carbons (Fsp3) is 0.647. The molecular weight excluding hydrogens is 344 g/mol. The number of alkyl halides is 2. The lowest BCUT2D eigenvalue weighted by atomic mass is 9.89. The van der Waals surface area contributed by atoms with Gasteiger partial charge in [-0.2, -0.15) is 0 Å². The first-order valence-electron chi connectivity index (χ1n) is 8.63. The van der Waals surface area contributed by atoms with E-state index in [2.05, 4.69) is 4.98 Å². The lowest BCUT2D eigenvalue weighted by molar-refractivity contribution is 0.0418. The zero-order valence-corrected chi connectivity index (χ0v) is 14.9. The van der Waals surface area contributed by atoms with Gasteiger partial charge in [-0.25, -0.2) is 19.6 Å². The quantitative estimate of drug-likeness (QED) is 0.407. The highest BCUT2D eigenvalue weighted by atomic mass is 19.3. The lowest BCUT2D eigenvalue weighted by Crippen LogP contribution is -2.44. The molecule has 2 aliphatic rings. The Morgan fingerprint density at radius 2 is 2.04 bits per heavy atom. The molecule has 2 fully saturated rings. The van der Waals surface area contributed by atoms with Crippen molar-refractivity contribution in [2.24, 2.45) is 30.5 Å². The Morgan fingerprint density at radius 3 is 2.50 bits per heavy atom. The van der Waals surface area contributed by atoms with Crippen LogP contribution in [0.15, 0.2) is 17.7 Å². The van der Waals surface area contributed by atoms with Gasteiger partial charge in [-0.05, 0) is 37.5 Å². The number of nitrogens with zero attached hydrogens (tertiary/aromatic N) is 3. The molecule has 26 heavy (non-hydrogen) atoms. The Hall–Kier alpha value is -2.00. The van der Waals surface area contributed by atoms with Gasteiger partial charge in [0, 0.05) is 20.0 Å². The SMILES string of the molecule is CN(N)/C(=C(\N)C(F)F)C1(O)CC2CC(c3ncn(C)c3C=O)CC2C1. The Bertz CT molecular complexity index is 717. The summed E-state index contributed by atoms with van der Waals surface area (Å²) in [5.41, 5.74) is 4.65. The van der Waals surface area contributed by atoms with Crippen LogP contribution < -0.4 is 11.6 Å². The number of halogens is 2. The van der Waals surface area contributed by atoms with E-state index in [0.717, 1.165) is 29.8 Å². The van der Waals surface area contributed by atoms with E-state index in [4.69, 9.17) is 11.6 Å². The number of rotatable bonds is 5. The van der Waals surface area contributed by atoms with Gasteiger partial charge in [0.05, 0.1) is 23.4 Å². The molecule has 0 spiro atoms. The minimum atomic E-state index is -2.88. The number of allylic oxidation sites excluding steroid dienone is 1. The van der Waals surface area contributed by atoms with Crippen molar-refractivity contribution in [3.05, 3.63) is 29.1 Å². The van der Waals surface area contributed by atoms with Gasteiger partial charge in [-0.3, -0.25) is 4.79 Å². The Morgan fingerprint density at radius 1 is 1.46 bits per heavy atom. The number of imidazole rings is 1. The number of aldehydes is 1. The summed E-state index contributed by atoms with van der Waals surface area (Å²) in [5, 5.41) is 12.0. The second kappa shape index (κ2) is 6.62. The number of hydrogen-bond donors (Lipinski definition) is 3. The van der Waals surface area contributed by atoms with Gasteiger partial charge in [-0.1, -0.05) is 0 Å². The number of hydrogen-bond acceptors (Lipinski definition) is 6. The maximum absolute atomic E-state index is 13.1. The van der Waals surface area contributed by atoms with Crippen molar-refractivity contribution in [1.82, 2.24) is 14.6 Å². The predicted molar refractivity (Wildman–Crippen MR) is 90.9 cm³/mol. The molecule has 1 aromatic heterocycles. The molecule has 2 unspecified atom stereocenters. The van der Waals surface area contributed by atoms with E-state index in [-0.39, 0.29) is 23.5 Å². The average Bonchev–Trinajstić information content (AvgIpc) is 3.17. The highest BCUT2D eigenvalue weighted by Gasteiger charge is 2.52. The van der Waals surface area contributed by atoms with E-state index in [1.54, 1.807) is 17.9 Å². The smallest absolute Gasteiger partial charge is 0.279 e. The first-order valence-corrected chi connectivity index (χ1v) is 8.63. The van der Waals surface area contributed by atoms with Crippen LogP contribution in [0.3, 0.4) is 0 Å². The van der Waals surface area contributed by atoms with Crippen LogP contribution in [0.2, 0.25) is 0 Å². The molecule has 0 amide bonds. The number of aryl methyl sites for hydroxylation is 1. The second-order valence-corrected chi connectivity index (χ2v) is 7.59. The van der Waals surface area contributed by atoms with Crippen LogP contribution in [-0.2, 0) is 7.05 Å². The van der Waals surface area contributed by atoms with Gasteiger partial charge in [0.1, 0.15) is 11.3 Å². The van der Waals surface area contributed by atoms with Crippen LogP contribution in [0.4, 0.5) is 8.78 Å². The van der Waals surface area contributed by atoms with E-state index >= 15 is 0 Å². The van der Waals surface area contributed by atoms with Crippen LogP contribution in [0.1, 0.15) is 47.8 Å². The van der Waals surface area contributed by atoms with Gasteiger partial charge in [0.25, 0.3) is 6.43 Å². The van der Waals surface area contributed by atoms with Crippen LogP contribution in [-0.4, -0.2) is 45.0 Å². The molecule has 144 valence electrons. The molecule has 1 aromatic rings. The van der Waals surface area contributed by atoms with Gasteiger partial charge in [0.15, 0.2) is 6.29 Å². The molecule has 3 rings (SSSR count). The number of carbonyl (C=O) groups is 1. The molecule has 0 radical (unpaired) electrons. The summed E-state index contributed by atoms with van der Waals surface area (Å²) in [5.74, 6) is 6.12. The van der Waals surface area contributed by atoms with Crippen molar-refractivity contribution in [2.45, 2.75) is 43.6 Å². The number of hydrazine groups is 1. The third kappa shape index (κ3) is 2.99. The molecule has 0 aromatic carbocycles. The first-order chi connectivity index (χ1) is 12.2. The summed E-state index contributed by atoms with van der Waals surface area (Å²) < 4.78 is 27.9. The molecular formula is C17H25F2N5O2. The van der Waals surface area contributed by atoms with Crippen LogP contribution in [0.5, 0.6) is 0 Å². The average molecular weight is 369 g/mol. The minimum absolute atomic E-state index is 0.0927. The van der Waals surface area contributed by atoms with E-state index in [9.17, 15) is 18.7 Å². The summed E-state index contributed by atoms with van der Waals surface area (Å²) in [6.07, 6.45) is 1.69. The Kier molecular flexibility index (Phi) is 4.78. The number of fused-ring (bicyclic) bond motifs is 1. The molecule has 1 heterocycles. The fourth-order valence-corrected chi connectivity index (χ4v) is 4.90. The standard InChI is InChI=1S/C17H25F2N5O2/c1-23-8-22-14(12(23)7-25)9-3-10-5-17(26,6-11(10)4-9)15(24(2)21)13(20)16(18)19/h7-11,16,26H,3-6,20-21H2,1-2H3/b15-13-. The van der Waals surface area contributed by atoms with Gasteiger partial charge in [0.2, 0.25) is 0 Å². The largest absolute Gasteiger partial charge is 0.396 e. The highest BCUT2D eigenvalue weighted by Crippen LogP contribution is 2.56. The highest BCUT2D eigenvalue weighted by molar-refractivity contribution is 5.74. The van der Waals surface area contributed by atoms with Crippen LogP contribution in [0.25, 0.3) is 0 Å². The molecule has 2 saturated carbocycles. The summed E-state index contributed by atoms with van der Waals surface area (Å²) >= 11 is 0. The number of carbonyl (C=O) groups excluding carboxylic acids is 1. The number of likely N-dealkylation sites (N-methyl/N-ethyl adjacent to an activating group) is 1. The zero-order valence-electron chi connectivity index (χ0n) is 14.9. The molecule has 2 aliphatic carbocycles. The van der Waals surface area contributed by atoms with Crippen LogP contribution >= 0.6 is 0 Å². The summed E-state index contributed by atoms with van der Waals surface area (Å²) in [7, 11) is 3.18. The van der Waals surface area contributed by atoms with E-state index in [1.807, 2.05) is 0 Å². The maximum Gasteiger partial charge on any atom is 0.279 e. The molecule has 2 atom stereocenters. The van der Waals surface area contributed by atoms with E-state index in [1.165, 1.54) is 7.05 Å². The zero-order chi connectivity index (χ0) is 19.2. The number of nitrogens with two attached hydrogens (primary N) is 2. The van der Waals surface area contributed by atoms with Crippen molar-refractivity contribution in [1.29, 1.82) is 0 Å². The second-order valence-electron chi connectivity index (χ2n) is 7.59. The molecule has 7 nitrogen and oxygen atoms in total. The third-order valence-corrected chi connectivity index (χ3v) is 5.85. The molecule has 0 aliphatic heterocycles. The third-order valence-electron chi connectivity index (χ3n) is 5.85. The number of aromatic nitrogens is 2. The van der Waals surface area contributed by atoms with Gasteiger partial charge >= 0.3 is 0 Å². The lowest BCUT2D eigenvalue weighted by Gasteiger charge is -2.33. The van der Waals surface area contributed by atoms with Gasteiger partial charge < -0.3 is 20.4 Å². The van der Waals surface area contributed by atoms with Crippen molar-refractivity contribution >= 4 is 6.29 Å². The predicted octanol–water partition coefficient (Wildman–Crippen LogP) is 1.11. The molecule has 0 bridgehead atoms. The van der Waals surface area contributed by atoms with Crippen molar-refractivity contribution < 1.29 is 18.7 Å². The van der Waals surface area contributed by atoms with Crippen LogP contribution in [0, 0.1) is 11.8 Å². The summed E-state index contributed by atoms with van der Waals surface area (Å²) in [6, 6.07) is 0. The van der Waals surface area contributed by atoms with Gasteiger partial charge in [-0.15, -0.1) is 0 Å². The maximum atomic E-state index is 13.1. The fourth-order valence-electron chi connectivity index (χ4n) is 4.90. The van der Waals surface area contributed by atoms with Crippen molar-refractivity contribution in [2.75, 3.05) is 7.05 Å². The topological polar surface area (TPSA) is 110 Å². The molecule has 5 N–H and O–H groups in total. The van der Waals surface area contributed by atoms with Crippen molar-refractivity contribution in [3.8, 4) is 0 Å². The Labute approximate surface area is 150 Å². The summed E-state index contributed by atoms with van der Waals surface area (Å²) in [4.78, 5) is 15.7. The first kappa shape index (κ1) is 18.8. The minimum Gasteiger partial charge on any atom is -0.396 e. The monoisotopic (exact) mass is 369 g/mol. The van der Waals surface area contributed by atoms with Crippen molar-refractivity contribution in [3.63, 3.8) is 0 Å². The number of aliphatic hydroxyl groups is 1. The van der Waals surface area contributed by atoms with E-state index < -0.39 is 17.7 Å². The molecule has 0 saturated heterocycles. The normalized spacial score (nSPS) is 31.9. The summed E-state index contributed by atoms with van der Waals surface area (Å²) in [6.45, 7) is 0. The molecule has 9 heteroatoms. The van der Waals surface area contributed by atoms with E-state index in [0.29, 0.717) is 18.5 Å².